The maximum absolute atomic E-state index is 12.3. The summed E-state index contributed by atoms with van der Waals surface area (Å²) < 4.78 is 0. The molecule has 3 N–H and O–H groups in total. The van der Waals surface area contributed by atoms with Crippen LogP contribution < -0.4 is 5.32 Å². The molecule has 0 aliphatic heterocycles. The predicted octanol–water partition coefficient (Wildman–Crippen LogP) is 3.59. The fourth-order valence-electron chi connectivity index (χ4n) is 2.88. The first-order chi connectivity index (χ1) is 11.0. The zero-order valence-corrected chi connectivity index (χ0v) is 13.4. The molecule has 3 rings (SSSR count). The van der Waals surface area contributed by atoms with Gasteiger partial charge < -0.3 is 15.7 Å². The summed E-state index contributed by atoms with van der Waals surface area (Å²) in [6, 6.07) is 6.08. The Morgan fingerprint density at radius 2 is 2.09 bits per heavy atom. The normalized spacial score (nSPS) is 13.7. The van der Waals surface area contributed by atoms with E-state index in [4.69, 9.17) is 5.41 Å². The van der Waals surface area contributed by atoms with Gasteiger partial charge in [-0.2, -0.15) is 0 Å². The number of anilines is 1. The van der Waals surface area contributed by atoms with Gasteiger partial charge in [0.25, 0.3) is 5.91 Å². The Kier molecular flexibility index (Phi) is 4.10. The lowest BCUT2D eigenvalue weighted by Crippen LogP contribution is -2.14. The number of nitrogens with zero attached hydrogens (tertiary/aromatic N) is 1. The van der Waals surface area contributed by atoms with Crippen molar-refractivity contribution < 1.29 is 4.79 Å². The fraction of sp³-hybridized carbons (Fsp3) is 0.278. The number of allylic oxidation sites excluding steroid dienone is 2. The van der Waals surface area contributed by atoms with Crippen LogP contribution >= 0.6 is 0 Å². The minimum atomic E-state index is -0.256. The van der Waals surface area contributed by atoms with Crippen LogP contribution in [0, 0.1) is 5.41 Å². The van der Waals surface area contributed by atoms with Gasteiger partial charge >= 0.3 is 0 Å². The van der Waals surface area contributed by atoms with Crippen molar-refractivity contribution >= 4 is 22.9 Å². The van der Waals surface area contributed by atoms with E-state index in [1.807, 2.05) is 19.1 Å². The van der Waals surface area contributed by atoms with Crippen LogP contribution in [-0.2, 0) is 12.8 Å². The number of amides is 1. The van der Waals surface area contributed by atoms with Gasteiger partial charge in [-0.1, -0.05) is 6.07 Å². The topological polar surface area (TPSA) is 81.6 Å². The van der Waals surface area contributed by atoms with Crippen molar-refractivity contribution in [3.8, 4) is 0 Å². The number of H-pyrrole nitrogens is 1. The number of carbonyl (C=O) groups excluding carboxylic acids is 1. The number of rotatable bonds is 4. The number of hydrogen-bond acceptors (Lipinski definition) is 3. The minimum Gasteiger partial charge on any atom is -0.334 e. The molecule has 118 valence electrons. The summed E-state index contributed by atoms with van der Waals surface area (Å²) in [5, 5.41) is 10.4. The molecule has 1 aromatic carbocycles. The average molecular weight is 308 g/mol. The second-order valence-electron chi connectivity index (χ2n) is 5.95. The summed E-state index contributed by atoms with van der Waals surface area (Å²) in [6.07, 6.45) is 6.74. The summed E-state index contributed by atoms with van der Waals surface area (Å²) in [5.41, 5.74) is 5.59. The molecule has 1 amide bonds. The maximum Gasteiger partial charge on any atom is 0.291 e. The Labute approximate surface area is 135 Å². The Bertz CT molecular complexity index is 801. The van der Waals surface area contributed by atoms with Crippen molar-refractivity contribution in [2.45, 2.75) is 33.1 Å². The first-order valence-electron chi connectivity index (χ1n) is 7.75. The molecule has 0 radical (unpaired) electrons. The number of carbonyl (C=O) groups is 1. The van der Waals surface area contributed by atoms with E-state index in [1.54, 1.807) is 19.2 Å². The number of fused-ring (bicyclic) bond motifs is 1. The number of benzene rings is 1. The van der Waals surface area contributed by atoms with E-state index in [0.29, 0.717) is 5.71 Å². The number of aromatic nitrogens is 2. The molecule has 5 heteroatoms. The SMILES string of the molecule is CC(=N)/C=C(/C)c1cnc(C(=O)Nc2ccc3c(c2)CCC3)[nH]1. The van der Waals surface area contributed by atoms with Crippen molar-refractivity contribution in [2.24, 2.45) is 0 Å². The molecule has 0 unspecified atom stereocenters. The Morgan fingerprint density at radius 1 is 1.30 bits per heavy atom. The van der Waals surface area contributed by atoms with Crippen LogP contribution in [0.15, 0.2) is 30.5 Å². The summed E-state index contributed by atoms with van der Waals surface area (Å²) in [6.45, 7) is 3.59. The highest BCUT2D eigenvalue weighted by molar-refractivity contribution is 6.02. The van der Waals surface area contributed by atoms with Gasteiger partial charge in [-0.15, -0.1) is 0 Å². The summed E-state index contributed by atoms with van der Waals surface area (Å²) in [7, 11) is 0. The number of hydrogen-bond donors (Lipinski definition) is 3. The third-order valence-electron chi connectivity index (χ3n) is 4.01. The van der Waals surface area contributed by atoms with Crippen LogP contribution in [-0.4, -0.2) is 21.6 Å². The molecule has 1 heterocycles. The lowest BCUT2D eigenvalue weighted by molar-refractivity contribution is 0.101. The molecule has 0 spiro atoms. The third kappa shape index (κ3) is 3.39. The van der Waals surface area contributed by atoms with Crippen LogP contribution in [0.1, 0.15) is 47.7 Å². The largest absolute Gasteiger partial charge is 0.334 e. The molecular formula is C18H20N4O. The summed E-state index contributed by atoms with van der Waals surface area (Å²) in [4.78, 5) is 19.4. The first kappa shape index (κ1) is 15.2. The lowest BCUT2D eigenvalue weighted by Gasteiger charge is -2.06. The highest BCUT2D eigenvalue weighted by Crippen LogP contribution is 2.25. The van der Waals surface area contributed by atoms with Crippen molar-refractivity contribution in [3.63, 3.8) is 0 Å². The highest BCUT2D eigenvalue weighted by Gasteiger charge is 2.14. The van der Waals surface area contributed by atoms with Gasteiger partial charge in [-0.25, -0.2) is 4.98 Å². The third-order valence-corrected chi connectivity index (χ3v) is 4.01. The smallest absolute Gasteiger partial charge is 0.291 e. The average Bonchev–Trinajstić information content (AvgIpc) is 3.15. The van der Waals surface area contributed by atoms with Crippen molar-refractivity contribution in [3.05, 3.63) is 53.1 Å². The van der Waals surface area contributed by atoms with Crippen LogP contribution in [0.5, 0.6) is 0 Å². The molecule has 0 saturated carbocycles. The van der Waals surface area contributed by atoms with Gasteiger partial charge in [0.1, 0.15) is 0 Å². The van der Waals surface area contributed by atoms with E-state index in [0.717, 1.165) is 29.8 Å². The molecule has 0 atom stereocenters. The molecule has 0 saturated heterocycles. The van der Waals surface area contributed by atoms with Crippen LogP contribution in [0.25, 0.3) is 5.57 Å². The molecule has 1 aromatic heterocycles. The summed E-state index contributed by atoms with van der Waals surface area (Å²) >= 11 is 0. The zero-order valence-electron chi connectivity index (χ0n) is 13.4. The summed E-state index contributed by atoms with van der Waals surface area (Å²) in [5.74, 6) is 0.0180. The van der Waals surface area contributed by atoms with Crippen LogP contribution in [0.3, 0.4) is 0 Å². The molecule has 5 nitrogen and oxygen atoms in total. The van der Waals surface area contributed by atoms with E-state index in [1.165, 1.54) is 17.5 Å². The number of imidazole rings is 1. The number of nitrogens with one attached hydrogen (secondary N) is 3. The van der Waals surface area contributed by atoms with Crippen molar-refractivity contribution in [2.75, 3.05) is 5.32 Å². The number of aromatic amines is 1. The lowest BCUT2D eigenvalue weighted by atomic mass is 10.1. The van der Waals surface area contributed by atoms with E-state index >= 15 is 0 Å². The maximum atomic E-state index is 12.3. The second kappa shape index (κ2) is 6.20. The molecule has 1 aliphatic rings. The quantitative estimate of drug-likeness (QED) is 0.754. The van der Waals surface area contributed by atoms with E-state index in [-0.39, 0.29) is 11.7 Å². The molecular weight excluding hydrogens is 288 g/mol. The van der Waals surface area contributed by atoms with Gasteiger partial charge in [-0.3, -0.25) is 4.79 Å². The van der Waals surface area contributed by atoms with E-state index < -0.39 is 0 Å². The van der Waals surface area contributed by atoms with Crippen molar-refractivity contribution in [1.82, 2.24) is 9.97 Å². The Hall–Kier alpha value is -2.69. The van der Waals surface area contributed by atoms with Gasteiger partial charge in [0.05, 0.1) is 11.9 Å². The molecule has 23 heavy (non-hydrogen) atoms. The van der Waals surface area contributed by atoms with Crippen LogP contribution in [0.4, 0.5) is 5.69 Å². The van der Waals surface area contributed by atoms with E-state index in [2.05, 4.69) is 21.4 Å². The molecule has 0 fully saturated rings. The molecule has 0 bridgehead atoms. The first-order valence-corrected chi connectivity index (χ1v) is 7.75. The van der Waals surface area contributed by atoms with E-state index in [9.17, 15) is 4.79 Å². The van der Waals surface area contributed by atoms with Gasteiger partial charge in [-0.05, 0) is 68.0 Å². The van der Waals surface area contributed by atoms with Gasteiger partial charge in [0, 0.05) is 11.4 Å². The highest BCUT2D eigenvalue weighted by atomic mass is 16.2. The number of aryl methyl sites for hydroxylation is 2. The van der Waals surface area contributed by atoms with Crippen LogP contribution in [0.2, 0.25) is 0 Å². The standard InChI is InChI=1S/C18H20N4O/c1-11(8-12(2)19)16-10-20-17(22-16)18(23)21-15-7-6-13-4-3-5-14(13)9-15/h6-10,19H,3-5H2,1-2H3,(H,20,22)(H,21,23)/b11-8-,19-12?. The fourth-order valence-corrected chi connectivity index (χ4v) is 2.88. The Morgan fingerprint density at radius 3 is 2.87 bits per heavy atom. The minimum absolute atomic E-state index is 0.256. The van der Waals surface area contributed by atoms with Gasteiger partial charge in [0.15, 0.2) is 5.82 Å². The molecule has 2 aromatic rings. The monoisotopic (exact) mass is 308 g/mol. The van der Waals surface area contributed by atoms with Crippen molar-refractivity contribution in [1.29, 1.82) is 5.41 Å². The predicted molar refractivity (Wildman–Crippen MR) is 92.1 cm³/mol. The second-order valence-corrected chi connectivity index (χ2v) is 5.95. The zero-order chi connectivity index (χ0) is 16.4. The molecule has 1 aliphatic carbocycles. The van der Waals surface area contributed by atoms with Gasteiger partial charge in [0.2, 0.25) is 0 Å². The Balaban J connectivity index is 1.74.